The van der Waals surface area contributed by atoms with Gasteiger partial charge in [-0.15, -0.1) is 0 Å². The predicted octanol–water partition coefficient (Wildman–Crippen LogP) is 1.22. The van der Waals surface area contributed by atoms with Crippen molar-refractivity contribution in [3.05, 3.63) is 35.4 Å². The maximum absolute atomic E-state index is 11.2. The molecule has 1 atom stereocenters. The second-order valence-electron chi connectivity index (χ2n) is 2.80. The van der Waals surface area contributed by atoms with Crippen LogP contribution >= 0.6 is 0 Å². The Balaban J connectivity index is 2.37. The van der Waals surface area contributed by atoms with Gasteiger partial charge >= 0.3 is 5.97 Å². The second kappa shape index (κ2) is 3.16. The Hall–Kier alpha value is -1.39. The molecule has 13 heavy (non-hydrogen) atoms. The molecule has 0 bridgehead atoms. The zero-order valence-electron chi connectivity index (χ0n) is 6.77. The molecule has 1 aliphatic heterocycles. The van der Waals surface area contributed by atoms with E-state index in [4.69, 9.17) is 9.99 Å². The molecule has 1 aromatic carbocycles. The van der Waals surface area contributed by atoms with E-state index in [2.05, 4.69) is 4.89 Å². The standard InChI is InChI=1S/C9H8O4/c10-9-7-4-2-1-3-6(7)5-8(12-9)13-11/h1-4,8,11H,5H2. The van der Waals surface area contributed by atoms with Gasteiger partial charge in [-0.3, -0.25) is 0 Å². The van der Waals surface area contributed by atoms with E-state index in [9.17, 15) is 4.79 Å². The summed E-state index contributed by atoms with van der Waals surface area (Å²) in [5.74, 6) is -0.458. The molecule has 0 radical (unpaired) electrons. The van der Waals surface area contributed by atoms with Gasteiger partial charge in [0.2, 0.25) is 6.29 Å². The topological polar surface area (TPSA) is 55.8 Å². The van der Waals surface area contributed by atoms with Crippen molar-refractivity contribution in [1.82, 2.24) is 0 Å². The number of benzene rings is 1. The lowest BCUT2D eigenvalue weighted by Gasteiger charge is -2.21. The van der Waals surface area contributed by atoms with E-state index in [0.29, 0.717) is 12.0 Å². The van der Waals surface area contributed by atoms with E-state index in [1.54, 1.807) is 12.1 Å². The van der Waals surface area contributed by atoms with Crippen molar-refractivity contribution in [2.24, 2.45) is 0 Å². The van der Waals surface area contributed by atoms with Crippen molar-refractivity contribution in [1.29, 1.82) is 0 Å². The lowest BCUT2D eigenvalue weighted by atomic mass is 10.0. The molecule has 1 unspecified atom stereocenters. The first-order valence-corrected chi connectivity index (χ1v) is 3.90. The summed E-state index contributed by atoms with van der Waals surface area (Å²) in [5.41, 5.74) is 1.37. The first kappa shape index (κ1) is 8.22. The number of hydrogen-bond donors (Lipinski definition) is 1. The third-order valence-corrected chi connectivity index (χ3v) is 1.98. The van der Waals surface area contributed by atoms with E-state index in [1.807, 2.05) is 12.1 Å². The summed E-state index contributed by atoms with van der Waals surface area (Å²) in [6.45, 7) is 0. The number of ether oxygens (including phenoxy) is 1. The molecule has 2 rings (SSSR count). The fraction of sp³-hybridized carbons (Fsp3) is 0.222. The van der Waals surface area contributed by atoms with Crippen LogP contribution in [0.25, 0.3) is 0 Å². The Bertz CT molecular complexity index is 334. The highest BCUT2D eigenvalue weighted by atomic mass is 17.1. The number of hydrogen-bond acceptors (Lipinski definition) is 4. The van der Waals surface area contributed by atoms with Gasteiger partial charge in [0.15, 0.2) is 0 Å². The Morgan fingerprint density at radius 3 is 3.00 bits per heavy atom. The Morgan fingerprint density at radius 2 is 2.23 bits per heavy atom. The van der Waals surface area contributed by atoms with Gasteiger partial charge in [-0.2, -0.15) is 4.89 Å². The number of esters is 1. The largest absolute Gasteiger partial charge is 0.429 e. The number of fused-ring (bicyclic) bond motifs is 1. The number of cyclic esters (lactones) is 1. The zero-order chi connectivity index (χ0) is 9.26. The number of carbonyl (C=O) groups excluding carboxylic acids is 1. The molecule has 1 aliphatic rings. The summed E-state index contributed by atoms with van der Waals surface area (Å²) in [4.78, 5) is 15.2. The Morgan fingerprint density at radius 1 is 1.46 bits per heavy atom. The molecule has 0 saturated heterocycles. The third-order valence-electron chi connectivity index (χ3n) is 1.98. The maximum Gasteiger partial charge on any atom is 0.340 e. The molecular weight excluding hydrogens is 172 g/mol. The second-order valence-corrected chi connectivity index (χ2v) is 2.80. The van der Waals surface area contributed by atoms with Gasteiger partial charge in [-0.05, 0) is 11.6 Å². The molecule has 0 aliphatic carbocycles. The lowest BCUT2D eigenvalue weighted by Crippen LogP contribution is -2.28. The highest BCUT2D eigenvalue weighted by molar-refractivity contribution is 5.92. The summed E-state index contributed by atoms with van der Waals surface area (Å²) in [5, 5.41) is 8.36. The lowest BCUT2D eigenvalue weighted by molar-refractivity contribution is -0.332. The highest BCUT2D eigenvalue weighted by Crippen LogP contribution is 2.20. The van der Waals surface area contributed by atoms with Crippen molar-refractivity contribution in [2.75, 3.05) is 0 Å². The molecule has 0 aromatic heterocycles. The van der Waals surface area contributed by atoms with Crippen molar-refractivity contribution >= 4 is 5.97 Å². The van der Waals surface area contributed by atoms with Crippen LogP contribution in [0.3, 0.4) is 0 Å². The van der Waals surface area contributed by atoms with Crippen LogP contribution in [0.2, 0.25) is 0 Å². The van der Waals surface area contributed by atoms with E-state index < -0.39 is 12.3 Å². The van der Waals surface area contributed by atoms with Crippen molar-refractivity contribution in [3.8, 4) is 0 Å². The average molecular weight is 180 g/mol. The average Bonchev–Trinajstić information content (AvgIpc) is 2.18. The highest BCUT2D eigenvalue weighted by Gasteiger charge is 2.26. The predicted molar refractivity (Wildman–Crippen MR) is 43.1 cm³/mol. The molecule has 1 aromatic rings. The molecular formula is C9H8O4. The molecule has 4 nitrogen and oxygen atoms in total. The number of rotatable bonds is 1. The summed E-state index contributed by atoms with van der Waals surface area (Å²) in [6, 6.07) is 7.08. The van der Waals surface area contributed by atoms with Gasteiger partial charge in [0.25, 0.3) is 0 Å². The van der Waals surface area contributed by atoms with Crippen LogP contribution < -0.4 is 0 Å². The third kappa shape index (κ3) is 1.41. The monoisotopic (exact) mass is 180 g/mol. The minimum absolute atomic E-state index is 0.387. The fourth-order valence-corrected chi connectivity index (χ4v) is 1.36. The maximum atomic E-state index is 11.2. The smallest absolute Gasteiger partial charge is 0.340 e. The van der Waals surface area contributed by atoms with Gasteiger partial charge in [0.1, 0.15) is 0 Å². The zero-order valence-corrected chi connectivity index (χ0v) is 6.77. The van der Waals surface area contributed by atoms with Crippen LogP contribution in [0, 0.1) is 0 Å². The van der Waals surface area contributed by atoms with Crippen molar-refractivity contribution in [3.63, 3.8) is 0 Å². The molecule has 0 fully saturated rings. The Labute approximate surface area is 74.6 Å². The number of carbonyl (C=O) groups is 1. The SMILES string of the molecule is O=C1OC(OO)Cc2ccccc21. The quantitative estimate of drug-likeness (QED) is 0.401. The van der Waals surface area contributed by atoms with Gasteiger partial charge in [0.05, 0.1) is 5.56 Å². The van der Waals surface area contributed by atoms with E-state index in [1.165, 1.54) is 0 Å². The normalized spacial score (nSPS) is 20.7. The van der Waals surface area contributed by atoms with Crippen LogP contribution in [-0.4, -0.2) is 17.5 Å². The minimum Gasteiger partial charge on any atom is -0.429 e. The van der Waals surface area contributed by atoms with E-state index in [-0.39, 0.29) is 0 Å². The van der Waals surface area contributed by atoms with Gasteiger partial charge < -0.3 is 4.74 Å². The summed E-state index contributed by atoms with van der Waals surface area (Å²) in [6.07, 6.45) is -0.485. The van der Waals surface area contributed by atoms with Crippen LogP contribution in [0.1, 0.15) is 15.9 Å². The van der Waals surface area contributed by atoms with Crippen LogP contribution in [0.4, 0.5) is 0 Å². The first-order chi connectivity index (χ1) is 6.31. The van der Waals surface area contributed by atoms with Gasteiger partial charge in [-0.1, -0.05) is 18.2 Å². The van der Waals surface area contributed by atoms with Crippen LogP contribution in [0.15, 0.2) is 24.3 Å². The molecule has 0 saturated carbocycles. The summed E-state index contributed by atoms with van der Waals surface area (Å²) >= 11 is 0. The van der Waals surface area contributed by atoms with Crippen LogP contribution in [-0.2, 0) is 16.0 Å². The van der Waals surface area contributed by atoms with Gasteiger partial charge in [-0.25, -0.2) is 10.1 Å². The van der Waals surface area contributed by atoms with Gasteiger partial charge in [0, 0.05) is 6.42 Å². The van der Waals surface area contributed by atoms with E-state index in [0.717, 1.165) is 5.56 Å². The fourth-order valence-electron chi connectivity index (χ4n) is 1.36. The summed E-state index contributed by atoms with van der Waals surface area (Å²) in [7, 11) is 0. The Kier molecular flexibility index (Phi) is 2.00. The first-order valence-electron chi connectivity index (χ1n) is 3.90. The molecule has 1 N–H and O–H groups in total. The molecule has 68 valence electrons. The summed E-state index contributed by atoms with van der Waals surface area (Å²) < 4.78 is 4.75. The van der Waals surface area contributed by atoms with E-state index >= 15 is 0 Å². The van der Waals surface area contributed by atoms with Crippen molar-refractivity contribution in [2.45, 2.75) is 12.7 Å². The molecule has 0 amide bonds. The molecule has 1 heterocycles. The van der Waals surface area contributed by atoms with Crippen molar-refractivity contribution < 1.29 is 19.7 Å². The molecule has 4 heteroatoms. The minimum atomic E-state index is -0.873. The van der Waals surface area contributed by atoms with Crippen LogP contribution in [0.5, 0.6) is 0 Å². The molecule has 0 spiro atoms.